The van der Waals surface area contributed by atoms with Crippen LogP contribution in [0.4, 0.5) is 4.39 Å². The summed E-state index contributed by atoms with van der Waals surface area (Å²) in [5, 5.41) is -0.101. The van der Waals surface area contributed by atoms with Gasteiger partial charge in [-0.25, -0.2) is 9.37 Å². The number of hydrogen-bond acceptors (Lipinski definition) is 2. The summed E-state index contributed by atoms with van der Waals surface area (Å²) in [5.41, 5.74) is 1.23. The van der Waals surface area contributed by atoms with Crippen LogP contribution in [0.3, 0.4) is 0 Å². The van der Waals surface area contributed by atoms with E-state index in [-0.39, 0.29) is 10.6 Å². The van der Waals surface area contributed by atoms with Gasteiger partial charge in [-0.1, -0.05) is 18.5 Å². The van der Waals surface area contributed by atoms with Crippen LogP contribution < -0.4 is 0 Å². The molecule has 1 aliphatic rings. The molecule has 0 saturated heterocycles. The average Bonchev–Trinajstić information content (AvgIpc) is 2.78. The lowest BCUT2D eigenvalue weighted by molar-refractivity contribution is 0.495. The Balaban J connectivity index is 2.22. The Hall–Kier alpha value is -1.09. The van der Waals surface area contributed by atoms with E-state index in [1.807, 2.05) is 6.07 Å². The molecule has 0 amide bonds. The molecule has 2 aromatic heterocycles. The summed E-state index contributed by atoms with van der Waals surface area (Å²) in [5.74, 6) is 0.345. The molecule has 0 bridgehead atoms. The minimum absolute atomic E-state index is 0.101. The van der Waals surface area contributed by atoms with E-state index >= 15 is 0 Å². The van der Waals surface area contributed by atoms with Crippen molar-refractivity contribution in [2.75, 3.05) is 0 Å². The fraction of sp³-hybridized carbons (Fsp3) is 0.364. The Morgan fingerprint density at radius 2 is 2.20 bits per heavy atom. The Bertz CT molecular complexity index is 506. The predicted molar refractivity (Wildman–Crippen MR) is 55.6 cm³/mol. The van der Waals surface area contributed by atoms with Gasteiger partial charge in [-0.05, 0) is 12.8 Å². The van der Waals surface area contributed by atoms with Crippen LogP contribution >= 0.6 is 11.6 Å². The number of halogens is 2. The molecule has 0 radical (unpaired) electrons. The number of fused-ring (bicyclic) bond motifs is 1. The van der Waals surface area contributed by atoms with Crippen LogP contribution in [0.25, 0.3) is 11.1 Å². The lowest BCUT2D eigenvalue weighted by atomic mass is 10.1. The van der Waals surface area contributed by atoms with Crippen molar-refractivity contribution in [1.29, 1.82) is 0 Å². The molecule has 0 N–H and O–H groups in total. The van der Waals surface area contributed by atoms with Gasteiger partial charge in [0.15, 0.2) is 16.6 Å². The molecule has 0 atom stereocenters. The second kappa shape index (κ2) is 2.73. The van der Waals surface area contributed by atoms with Crippen molar-refractivity contribution in [2.45, 2.75) is 25.2 Å². The Labute approximate surface area is 91.0 Å². The monoisotopic (exact) mass is 225 g/mol. The van der Waals surface area contributed by atoms with E-state index in [4.69, 9.17) is 16.0 Å². The van der Waals surface area contributed by atoms with Gasteiger partial charge in [-0.2, -0.15) is 0 Å². The molecule has 2 aromatic rings. The Morgan fingerprint density at radius 3 is 2.87 bits per heavy atom. The van der Waals surface area contributed by atoms with E-state index < -0.39 is 5.82 Å². The smallest absolute Gasteiger partial charge is 0.165 e. The van der Waals surface area contributed by atoms with Gasteiger partial charge >= 0.3 is 0 Å². The normalized spacial score (nSPS) is 18.3. The SMILES string of the molecule is CC1(c2cc3nc(Cl)c(F)cc3o2)CC1. The number of aromatic nitrogens is 1. The Morgan fingerprint density at radius 1 is 1.47 bits per heavy atom. The highest BCUT2D eigenvalue weighted by Gasteiger charge is 2.42. The molecule has 1 aliphatic carbocycles. The van der Waals surface area contributed by atoms with Gasteiger partial charge in [0.05, 0.1) is 0 Å². The maximum atomic E-state index is 13.1. The van der Waals surface area contributed by atoms with Gasteiger partial charge in [0.1, 0.15) is 11.3 Å². The quantitative estimate of drug-likeness (QED) is 0.692. The molecule has 15 heavy (non-hydrogen) atoms. The number of nitrogens with zero attached hydrogens (tertiary/aromatic N) is 1. The van der Waals surface area contributed by atoms with Crippen molar-refractivity contribution in [3.05, 3.63) is 28.9 Å². The van der Waals surface area contributed by atoms with Crippen LogP contribution in [-0.2, 0) is 5.41 Å². The van der Waals surface area contributed by atoms with Gasteiger partial charge in [0.2, 0.25) is 0 Å². The number of hydrogen-bond donors (Lipinski definition) is 0. The van der Waals surface area contributed by atoms with E-state index in [1.54, 1.807) is 0 Å². The fourth-order valence-electron chi connectivity index (χ4n) is 1.65. The molecular weight excluding hydrogens is 217 g/mol. The summed E-state index contributed by atoms with van der Waals surface area (Å²) < 4.78 is 18.7. The molecule has 4 heteroatoms. The van der Waals surface area contributed by atoms with Crippen LogP contribution in [0.15, 0.2) is 16.5 Å². The summed E-state index contributed by atoms with van der Waals surface area (Å²) in [7, 11) is 0. The van der Waals surface area contributed by atoms with Crippen molar-refractivity contribution >= 4 is 22.7 Å². The molecular formula is C11H9ClFNO. The van der Waals surface area contributed by atoms with E-state index in [2.05, 4.69) is 11.9 Å². The van der Waals surface area contributed by atoms with Crippen LogP contribution in [0.1, 0.15) is 25.5 Å². The number of furan rings is 1. The molecule has 0 aromatic carbocycles. The summed E-state index contributed by atoms with van der Waals surface area (Å²) in [6, 6.07) is 3.15. The zero-order chi connectivity index (χ0) is 10.6. The minimum Gasteiger partial charge on any atom is -0.459 e. The van der Waals surface area contributed by atoms with E-state index in [0.717, 1.165) is 18.6 Å². The summed E-state index contributed by atoms with van der Waals surface area (Å²) in [6.45, 7) is 2.13. The van der Waals surface area contributed by atoms with E-state index in [9.17, 15) is 4.39 Å². The van der Waals surface area contributed by atoms with Gasteiger partial charge in [-0.15, -0.1) is 0 Å². The molecule has 2 nitrogen and oxygen atoms in total. The van der Waals surface area contributed by atoms with Crippen molar-refractivity contribution in [3.8, 4) is 0 Å². The topological polar surface area (TPSA) is 26.0 Å². The zero-order valence-electron chi connectivity index (χ0n) is 8.18. The van der Waals surface area contributed by atoms with Crippen LogP contribution in [0, 0.1) is 5.82 Å². The summed E-state index contributed by atoms with van der Waals surface area (Å²) >= 11 is 5.60. The van der Waals surface area contributed by atoms with Crippen LogP contribution in [-0.4, -0.2) is 4.98 Å². The fourth-order valence-corrected chi connectivity index (χ4v) is 1.80. The minimum atomic E-state index is -0.536. The van der Waals surface area contributed by atoms with Gasteiger partial charge in [-0.3, -0.25) is 0 Å². The Kier molecular flexibility index (Phi) is 1.67. The largest absolute Gasteiger partial charge is 0.459 e. The summed E-state index contributed by atoms with van der Waals surface area (Å²) in [6.07, 6.45) is 2.23. The van der Waals surface area contributed by atoms with Crippen molar-refractivity contribution in [1.82, 2.24) is 4.98 Å². The molecule has 0 aliphatic heterocycles. The second-order valence-corrected chi connectivity index (χ2v) is 4.67. The molecule has 1 fully saturated rings. The highest BCUT2D eigenvalue weighted by atomic mass is 35.5. The molecule has 0 spiro atoms. The zero-order valence-corrected chi connectivity index (χ0v) is 8.94. The first-order chi connectivity index (χ1) is 7.08. The number of pyridine rings is 1. The average molecular weight is 226 g/mol. The standard InChI is InChI=1S/C11H9ClFNO/c1-11(2-3-11)9-5-7-8(15-9)4-6(13)10(12)14-7/h4-5H,2-3H2,1H3. The van der Waals surface area contributed by atoms with Crippen LogP contribution in [0.5, 0.6) is 0 Å². The molecule has 0 unspecified atom stereocenters. The molecule has 2 heterocycles. The maximum absolute atomic E-state index is 13.1. The van der Waals surface area contributed by atoms with E-state index in [1.165, 1.54) is 6.07 Å². The lowest BCUT2D eigenvalue weighted by Gasteiger charge is -2.00. The van der Waals surface area contributed by atoms with Crippen LogP contribution in [0.2, 0.25) is 5.15 Å². The first-order valence-electron chi connectivity index (χ1n) is 4.85. The predicted octanol–water partition coefficient (Wildman–Crippen LogP) is 3.67. The van der Waals surface area contributed by atoms with E-state index in [0.29, 0.717) is 11.1 Å². The van der Waals surface area contributed by atoms with Crippen molar-refractivity contribution in [3.63, 3.8) is 0 Å². The first kappa shape index (κ1) is 9.16. The molecule has 1 saturated carbocycles. The van der Waals surface area contributed by atoms with Gasteiger partial charge in [0.25, 0.3) is 0 Å². The van der Waals surface area contributed by atoms with Gasteiger partial charge in [0, 0.05) is 17.5 Å². The van der Waals surface area contributed by atoms with Crippen molar-refractivity contribution in [2.24, 2.45) is 0 Å². The third-order valence-corrected chi connectivity index (χ3v) is 3.27. The summed E-state index contributed by atoms with van der Waals surface area (Å²) in [4.78, 5) is 3.93. The highest BCUT2D eigenvalue weighted by molar-refractivity contribution is 6.29. The van der Waals surface area contributed by atoms with Crippen molar-refractivity contribution < 1.29 is 8.81 Å². The maximum Gasteiger partial charge on any atom is 0.165 e. The highest BCUT2D eigenvalue weighted by Crippen LogP contribution is 2.48. The second-order valence-electron chi connectivity index (χ2n) is 4.32. The van der Waals surface area contributed by atoms with Gasteiger partial charge < -0.3 is 4.42 Å². The third-order valence-electron chi connectivity index (χ3n) is 3.01. The lowest BCUT2D eigenvalue weighted by Crippen LogP contribution is -1.95. The third kappa shape index (κ3) is 1.34. The molecule has 3 rings (SSSR count). The molecule has 78 valence electrons. The first-order valence-corrected chi connectivity index (χ1v) is 5.22. The number of rotatable bonds is 1.